The van der Waals surface area contributed by atoms with Gasteiger partial charge in [-0.15, -0.1) is 0 Å². The molecular formula is C49H52O6. The number of benzene rings is 4. The van der Waals surface area contributed by atoms with Crippen LogP contribution in [0, 0.1) is 35.0 Å². The molecule has 4 aromatic rings. The molecule has 0 unspecified atom stereocenters. The lowest BCUT2D eigenvalue weighted by Gasteiger charge is -2.50. The molecule has 4 aromatic carbocycles. The van der Waals surface area contributed by atoms with Gasteiger partial charge in [0.1, 0.15) is 16.8 Å². The lowest BCUT2D eigenvalue weighted by Crippen LogP contribution is -2.61. The van der Waals surface area contributed by atoms with Crippen LogP contribution in [0.15, 0.2) is 145 Å². The van der Waals surface area contributed by atoms with E-state index >= 15 is 0 Å². The van der Waals surface area contributed by atoms with Crippen LogP contribution in [0.2, 0.25) is 0 Å². The molecule has 55 heavy (non-hydrogen) atoms. The van der Waals surface area contributed by atoms with Crippen molar-refractivity contribution in [3.63, 3.8) is 0 Å². The van der Waals surface area contributed by atoms with E-state index in [1.807, 2.05) is 98.8 Å². The second kappa shape index (κ2) is 13.5. The quantitative estimate of drug-likeness (QED) is 0.0966. The van der Waals surface area contributed by atoms with Gasteiger partial charge in [-0.05, 0) is 59.1 Å². The Labute approximate surface area is 324 Å². The summed E-state index contributed by atoms with van der Waals surface area (Å²) < 4.78 is 13.9. The van der Waals surface area contributed by atoms with Gasteiger partial charge in [-0.3, -0.25) is 9.59 Å². The monoisotopic (exact) mass is 736 g/mol. The Bertz CT molecular complexity index is 2030. The van der Waals surface area contributed by atoms with Gasteiger partial charge in [-0.1, -0.05) is 161 Å². The van der Waals surface area contributed by atoms with E-state index < -0.39 is 45.6 Å². The van der Waals surface area contributed by atoms with Crippen LogP contribution in [0.4, 0.5) is 0 Å². The maximum Gasteiger partial charge on any atom is 0.309 e. The number of aliphatic hydroxyl groups is 2. The van der Waals surface area contributed by atoms with Crippen molar-refractivity contribution in [2.45, 2.75) is 76.3 Å². The fourth-order valence-corrected chi connectivity index (χ4v) is 10.9. The van der Waals surface area contributed by atoms with Gasteiger partial charge >= 0.3 is 5.97 Å². The fraction of sp³-hybridized carbons (Fsp3) is 0.388. The van der Waals surface area contributed by atoms with E-state index in [0.717, 1.165) is 27.8 Å². The number of esters is 1. The van der Waals surface area contributed by atoms with Gasteiger partial charge in [0.25, 0.3) is 0 Å². The number of carbonyl (C=O) groups excluding carboxylic acids is 2. The third-order valence-electron chi connectivity index (χ3n) is 13.8. The van der Waals surface area contributed by atoms with Gasteiger partial charge < -0.3 is 19.7 Å². The maximum absolute atomic E-state index is 14.0. The number of ketones is 1. The van der Waals surface area contributed by atoms with Gasteiger partial charge in [0, 0.05) is 29.6 Å². The van der Waals surface area contributed by atoms with Crippen LogP contribution in [0.1, 0.15) is 69.7 Å². The van der Waals surface area contributed by atoms with E-state index in [1.54, 1.807) is 13.0 Å². The summed E-state index contributed by atoms with van der Waals surface area (Å²) in [5, 5.41) is 25.8. The Balaban J connectivity index is 1.21. The molecule has 2 saturated carbocycles. The Morgan fingerprint density at radius 2 is 1.33 bits per heavy atom. The molecule has 284 valence electrons. The third-order valence-corrected chi connectivity index (χ3v) is 13.8. The highest BCUT2D eigenvalue weighted by atomic mass is 16.6. The Morgan fingerprint density at radius 3 is 1.85 bits per heavy atom. The van der Waals surface area contributed by atoms with Gasteiger partial charge in [-0.25, -0.2) is 0 Å². The van der Waals surface area contributed by atoms with Crippen LogP contribution in [0.3, 0.4) is 0 Å². The third kappa shape index (κ3) is 5.71. The normalized spacial score (nSPS) is 31.1. The van der Waals surface area contributed by atoms with Gasteiger partial charge in [-0.2, -0.15) is 0 Å². The van der Waals surface area contributed by atoms with E-state index in [2.05, 4.69) is 56.3 Å². The highest BCUT2D eigenvalue weighted by Crippen LogP contribution is 2.76. The average Bonchev–Trinajstić information content (AvgIpc) is 3.60. The summed E-state index contributed by atoms with van der Waals surface area (Å²) >= 11 is 0. The first-order valence-electron chi connectivity index (χ1n) is 19.7. The van der Waals surface area contributed by atoms with Crippen molar-refractivity contribution < 1.29 is 29.3 Å². The predicted octanol–water partition coefficient (Wildman–Crippen LogP) is 8.41. The molecule has 8 rings (SSSR count). The molecule has 0 bridgehead atoms. The van der Waals surface area contributed by atoms with Crippen molar-refractivity contribution in [3.05, 3.63) is 167 Å². The Kier molecular flexibility index (Phi) is 9.19. The molecule has 0 amide bonds. The molecule has 6 nitrogen and oxygen atoms in total. The molecule has 0 radical (unpaired) electrons. The number of carbonyl (C=O) groups is 2. The molecule has 0 heterocycles. The molecule has 2 fully saturated rings. The standard InChI is InChI=1S/C49H52O6/c1-32-27-41-46(52,43(32)50)30-36(31-54-49(37-20-12-7-13-21-37,38-22-14-8-15-23-38)39-24-16-9-17-25-39)28-40-42-45(4,5)47(42,29-34(3)48(40,41)53)55-44(51)33(2)26-35-18-10-6-11-19-35/h6-25,27-28,33-34,40-42,52-53H,26,29-31H2,1-5H3/t33-,34+,40-,41+,42+,46+,47-,48+/m0/s1. The molecule has 0 spiro atoms. The first kappa shape index (κ1) is 37.3. The molecule has 0 saturated heterocycles. The van der Waals surface area contributed by atoms with Crippen LogP contribution in [0.25, 0.3) is 0 Å². The van der Waals surface area contributed by atoms with Crippen molar-refractivity contribution >= 4 is 11.8 Å². The molecular weight excluding hydrogens is 685 g/mol. The molecule has 8 atom stereocenters. The lowest BCUT2D eigenvalue weighted by atomic mass is 9.60. The zero-order valence-electron chi connectivity index (χ0n) is 32.4. The van der Waals surface area contributed by atoms with E-state index in [-0.39, 0.29) is 36.6 Å². The predicted molar refractivity (Wildman–Crippen MR) is 213 cm³/mol. The Morgan fingerprint density at radius 1 is 0.818 bits per heavy atom. The smallest absolute Gasteiger partial charge is 0.309 e. The number of hydrogen-bond donors (Lipinski definition) is 2. The molecule has 0 aliphatic heterocycles. The van der Waals surface area contributed by atoms with Gasteiger partial charge in [0.05, 0.1) is 18.1 Å². The number of fused-ring (bicyclic) bond motifs is 5. The molecule has 2 N–H and O–H groups in total. The van der Waals surface area contributed by atoms with Gasteiger partial charge in [0.15, 0.2) is 5.78 Å². The summed E-state index contributed by atoms with van der Waals surface area (Å²) in [4.78, 5) is 28.0. The minimum absolute atomic E-state index is 0.0123. The topological polar surface area (TPSA) is 93.1 Å². The van der Waals surface area contributed by atoms with E-state index in [4.69, 9.17) is 9.47 Å². The second-order valence-corrected chi connectivity index (χ2v) is 17.3. The van der Waals surface area contributed by atoms with E-state index in [9.17, 15) is 19.8 Å². The zero-order chi connectivity index (χ0) is 38.8. The number of rotatable bonds is 10. The van der Waals surface area contributed by atoms with E-state index in [1.165, 1.54) is 0 Å². The van der Waals surface area contributed by atoms with Crippen LogP contribution in [-0.4, -0.2) is 45.4 Å². The Hall–Kier alpha value is -4.62. The summed E-state index contributed by atoms with van der Waals surface area (Å²) in [6.45, 7) is 9.95. The number of hydrogen-bond acceptors (Lipinski definition) is 6. The first-order chi connectivity index (χ1) is 26.3. The summed E-state index contributed by atoms with van der Waals surface area (Å²) in [6.07, 6.45) is 4.87. The number of Topliss-reactive ketones (excluding diaryl/α,β-unsaturated/α-hetero) is 1. The lowest BCUT2D eigenvalue weighted by molar-refractivity contribution is -0.188. The summed E-state index contributed by atoms with van der Waals surface area (Å²) in [5.74, 6) is -3.01. The minimum atomic E-state index is -1.86. The van der Waals surface area contributed by atoms with Crippen LogP contribution >= 0.6 is 0 Å². The van der Waals surface area contributed by atoms with Gasteiger partial charge in [0.2, 0.25) is 0 Å². The van der Waals surface area contributed by atoms with Crippen LogP contribution in [0.5, 0.6) is 0 Å². The van der Waals surface area contributed by atoms with Crippen LogP contribution in [-0.2, 0) is 31.1 Å². The highest BCUT2D eigenvalue weighted by Gasteiger charge is 2.83. The van der Waals surface area contributed by atoms with Crippen molar-refractivity contribution in [3.8, 4) is 0 Å². The molecule has 4 aliphatic carbocycles. The second-order valence-electron chi connectivity index (χ2n) is 17.3. The van der Waals surface area contributed by atoms with Crippen LogP contribution < -0.4 is 0 Å². The largest absolute Gasteiger partial charge is 0.458 e. The zero-order valence-corrected chi connectivity index (χ0v) is 32.4. The van der Waals surface area contributed by atoms with Crippen molar-refractivity contribution in [2.75, 3.05) is 6.61 Å². The first-order valence-corrected chi connectivity index (χ1v) is 19.7. The maximum atomic E-state index is 14.0. The highest BCUT2D eigenvalue weighted by molar-refractivity contribution is 6.04. The SMILES string of the molecule is CC1=C[C@H]2[C@@]3(O)[C@H](C)C[C@]4(OC(=O)[C@@H](C)Cc5ccccc5)[C@H]([C@@H]3C=C(COC(c3ccccc3)(c3ccccc3)c3ccccc3)C[C@]2(O)C1=O)C4(C)C. The summed E-state index contributed by atoms with van der Waals surface area (Å²) in [7, 11) is 0. The van der Waals surface area contributed by atoms with Crippen molar-refractivity contribution in [1.82, 2.24) is 0 Å². The number of ether oxygens (including phenoxy) is 2. The fourth-order valence-electron chi connectivity index (χ4n) is 10.9. The van der Waals surface area contributed by atoms with Crippen molar-refractivity contribution in [2.24, 2.45) is 35.0 Å². The molecule has 0 aromatic heterocycles. The molecule has 6 heteroatoms. The summed E-state index contributed by atoms with van der Waals surface area (Å²) in [6, 6.07) is 40.3. The average molecular weight is 737 g/mol. The minimum Gasteiger partial charge on any atom is -0.458 e. The molecule has 4 aliphatic rings. The van der Waals surface area contributed by atoms with E-state index in [0.29, 0.717) is 18.4 Å². The summed E-state index contributed by atoms with van der Waals surface area (Å²) in [5.41, 5.74) is -0.598. The van der Waals surface area contributed by atoms with Crippen molar-refractivity contribution in [1.29, 1.82) is 0 Å².